The molecule has 1 aromatic heterocycles. The largest absolute Gasteiger partial charge is 0.368 e. The van der Waals surface area contributed by atoms with Gasteiger partial charge in [-0.1, -0.05) is 11.6 Å². The summed E-state index contributed by atoms with van der Waals surface area (Å²) in [7, 11) is 2.15. The second-order valence-electron chi connectivity index (χ2n) is 4.80. The van der Waals surface area contributed by atoms with Crippen molar-refractivity contribution in [3.63, 3.8) is 0 Å². The Kier molecular flexibility index (Phi) is 3.40. The predicted octanol–water partition coefficient (Wildman–Crippen LogP) is 1.67. The van der Waals surface area contributed by atoms with E-state index in [1.54, 1.807) is 12.7 Å². The van der Waals surface area contributed by atoms with E-state index in [2.05, 4.69) is 33.1 Å². The number of aromatic nitrogens is 3. The first kappa shape index (κ1) is 12.4. The number of benzene rings is 1. The van der Waals surface area contributed by atoms with Gasteiger partial charge in [-0.15, -0.1) is 10.2 Å². The van der Waals surface area contributed by atoms with E-state index < -0.39 is 0 Å². The zero-order chi connectivity index (χ0) is 13.2. The van der Waals surface area contributed by atoms with Crippen molar-refractivity contribution >= 4 is 17.3 Å². The monoisotopic (exact) mass is 277 g/mol. The van der Waals surface area contributed by atoms with Gasteiger partial charge in [0.25, 0.3) is 0 Å². The Hall–Kier alpha value is -1.59. The van der Waals surface area contributed by atoms with Crippen molar-refractivity contribution in [3.05, 3.63) is 35.9 Å². The van der Waals surface area contributed by atoms with Crippen LogP contribution >= 0.6 is 11.6 Å². The van der Waals surface area contributed by atoms with Crippen molar-refractivity contribution in [2.75, 3.05) is 38.1 Å². The van der Waals surface area contributed by atoms with Gasteiger partial charge in [-0.3, -0.25) is 4.57 Å². The summed E-state index contributed by atoms with van der Waals surface area (Å²) in [5.41, 5.74) is 2.08. The van der Waals surface area contributed by atoms with E-state index >= 15 is 0 Å². The maximum absolute atomic E-state index is 6.41. The summed E-state index contributed by atoms with van der Waals surface area (Å²) in [6.45, 7) is 4.18. The van der Waals surface area contributed by atoms with Crippen LogP contribution in [-0.4, -0.2) is 52.9 Å². The Morgan fingerprint density at radius 3 is 2.37 bits per heavy atom. The minimum Gasteiger partial charge on any atom is -0.368 e. The lowest BCUT2D eigenvalue weighted by Gasteiger charge is -2.34. The van der Waals surface area contributed by atoms with Crippen LogP contribution < -0.4 is 4.90 Å². The number of likely N-dealkylation sites (N-methyl/N-ethyl adjacent to an activating group) is 1. The second-order valence-corrected chi connectivity index (χ2v) is 5.20. The molecule has 0 saturated carbocycles. The summed E-state index contributed by atoms with van der Waals surface area (Å²) < 4.78 is 1.85. The van der Waals surface area contributed by atoms with Crippen LogP contribution in [0, 0.1) is 0 Å². The maximum atomic E-state index is 6.41. The summed E-state index contributed by atoms with van der Waals surface area (Å²) in [4.78, 5) is 4.66. The molecular weight excluding hydrogens is 262 g/mol. The molecule has 0 aliphatic carbocycles. The molecule has 100 valence electrons. The van der Waals surface area contributed by atoms with Crippen molar-refractivity contribution in [1.82, 2.24) is 19.7 Å². The van der Waals surface area contributed by atoms with Crippen molar-refractivity contribution in [2.45, 2.75) is 0 Å². The van der Waals surface area contributed by atoms with Gasteiger partial charge >= 0.3 is 0 Å². The lowest BCUT2D eigenvalue weighted by molar-refractivity contribution is 0.313. The number of anilines is 1. The Morgan fingerprint density at radius 1 is 1.05 bits per heavy atom. The Bertz CT molecular complexity index is 546. The van der Waals surface area contributed by atoms with E-state index in [4.69, 9.17) is 11.6 Å². The van der Waals surface area contributed by atoms with E-state index in [1.807, 2.05) is 16.7 Å². The third-order valence-electron chi connectivity index (χ3n) is 3.49. The van der Waals surface area contributed by atoms with E-state index in [1.165, 1.54) is 0 Å². The quantitative estimate of drug-likeness (QED) is 0.837. The van der Waals surface area contributed by atoms with Gasteiger partial charge in [-0.2, -0.15) is 0 Å². The smallest absolute Gasteiger partial charge is 0.123 e. The predicted molar refractivity (Wildman–Crippen MR) is 76.1 cm³/mol. The molecule has 0 radical (unpaired) electrons. The second kappa shape index (κ2) is 5.19. The van der Waals surface area contributed by atoms with E-state index in [-0.39, 0.29) is 0 Å². The molecule has 0 N–H and O–H groups in total. The third-order valence-corrected chi connectivity index (χ3v) is 3.79. The molecule has 2 heterocycles. The molecule has 0 bridgehead atoms. The molecule has 0 atom stereocenters. The first-order valence-corrected chi connectivity index (χ1v) is 6.70. The van der Waals surface area contributed by atoms with Gasteiger partial charge in [-0.25, -0.2) is 0 Å². The Balaban J connectivity index is 1.84. The van der Waals surface area contributed by atoms with Gasteiger partial charge in [-0.05, 0) is 25.2 Å². The van der Waals surface area contributed by atoms with E-state index in [9.17, 15) is 0 Å². The van der Waals surface area contributed by atoms with Crippen LogP contribution in [0.25, 0.3) is 5.69 Å². The highest BCUT2D eigenvalue weighted by atomic mass is 35.5. The molecule has 1 aliphatic rings. The molecule has 0 amide bonds. The van der Waals surface area contributed by atoms with Crippen molar-refractivity contribution < 1.29 is 0 Å². The van der Waals surface area contributed by atoms with Gasteiger partial charge in [0.05, 0.1) is 10.7 Å². The molecule has 6 heteroatoms. The van der Waals surface area contributed by atoms with Crippen LogP contribution in [0.15, 0.2) is 30.9 Å². The van der Waals surface area contributed by atoms with Crippen LogP contribution in [-0.2, 0) is 0 Å². The number of hydrogen-bond acceptors (Lipinski definition) is 4. The number of halogens is 1. The lowest BCUT2D eigenvalue weighted by Crippen LogP contribution is -2.44. The topological polar surface area (TPSA) is 37.2 Å². The first-order valence-electron chi connectivity index (χ1n) is 6.32. The molecule has 0 unspecified atom stereocenters. The van der Waals surface area contributed by atoms with Crippen molar-refractivity contribution in [1.29, 1.82) is 0 Å². The first-order chi connectivity index (χ1) is 9.24. The highest BCUT2D eigenvalue weighted by Gasteiger charge is 2.16. The SMILES string of the molecule is CN1CCN(c2ccc(-n3cnnc3)cc2Cl)CC1. The summed E-state index contributed by atoms with van der Waals surface area (Å²) in [5, 5.41) is 8.38. The fourth-order valence-electron chi connectivity index (χ4n) is 2.29. The van der Waals surface area contributed by atoms with Gasteiger partial charge in [0.2, 0.25) is 0 Å². The summed E-state index contributed by atoms with van der Waals surface area (Å²) >= 11 is 6.41. The molecule has 1 saturated heterocycles. The molecule has 1 fully saturated rings. The fourth-order valence-corrected chi connectivity index (χ4v) is 2.59. The average Bonchev–Trinajstić information content (AvgIpc) is 2.94. The van der Waals surface area contributed by atoms with Gasteiger partial charge in [0.1, 0.15) is 12.7 Å². The zero-order valence-electron chi connectivity index (χ0n) is 10.8. The summed E-state index contributed by atoms with van der Waals surface area (Å²) in [5.74, 6) is 0. The molecule has 19 heavy (non-hydrogen) atoms. The average molecular weight is 278 g/mol. The Morgan fingerprint density at radius 2 is 1.74 bits per heavy atom. The molecule has 5 nitrogen and oxygen atoms in total. The van der Waals surface area contributed by atoms with Crippen molar-refractivity contribution in [3.8, 4) is 5.69 Å². The van der Waals surface area contributed by atoms with Crippen LogP contribution in [0.1, 0.15) is 0 Å². The van der Waals surface area contributed by atoms with E-state index in [0.29, 0.717) is 0 Å². The maximum Gasteiger partial charge on any atom is 0.123 e. The highest BCUT2D eigenvalue weighted by Crippen LogP contribution is 2.28. The summed E-state index contributed by atoms with van der Waals surface area (Å²) in [6.07, 6.45) is 3.34. The van der Waals surface area contributed by atoms with Gasteiger partial charge in [0.15, 0.2) is 0 Å². The fraction of sp³-hybridized carbons (Fsp3) is 0.385. The number of piperazine rings is 1. The van der Waals surface area contributed by atoms with Gasteiger partial charge in [0, 0.05) is 31.9 Å². The number of rotatable bonds is 2. The number of nitrogens with zero attached hydrogens (tertiary/aromatic N) is 5. The molecule has 3 rings (SSSR count). The lowest BCUT2D eigenvalue weighted by atomic mass is 10.2. The molecule has 1 aromatic carbocycles. The van der Waals surface area contributed by atoms with Crippen LogP contribution in [0.2, 0.25) is 5.02 Å². The van der Waals surface area contributed by atoms with E-state index in [0.717, 1.165) is 42.6 Å². The van der Waals surface area contributed by atoms with Crippen LogP contribution in [0.4, 0.5) is 5.69 Å². The molecule has 0 spiro atoms. The Labute approximate surface area is 117 Å². The van der Waals surface area contributed by atoms with Crippen LogP contribution in [0.3, 0.4) is 0 Å². The normalized spacial score (nSPS) is 16.8. The number of hydrogen-bond donors (Lipinski definition) is 0. The minimum absolute atomic E-state index is 0.774. The van der Waals surface area contributed by atoms with Crippen LogP contribution in [0.5, 0.6) is 0 Å². The molecule has 1 aliphatic heterocycles. The third kappa shape index (κ3) is 2.57. The summed E-state index contributed by atoms with van der Waals surface area (Å²) in [6, 6.07) is 6.07. The zero-order valence-corrected chi connectivity index (χ0v) is 11.6. The standard InChI is InChI=1S/C13H16ClN5/c1-17-4-6-18(7-5-17)13-3-2-11(8-12(13)14)19-9-15-16-10-19/h2-3,8-10H,4-7H2,1H3. The molecule has 2 aromatic rings. The van der Waals surface area contributed by atoms with Crippen molar-refractivity contribution in [2.24, 2.45) is 0 Å². The highest BCUT2D eigenvalue weighted by molar-refractivity contribution is 6.33. The van der Waals surface area contributed by atoms with Gasteiger partial charge < -0.3 is 9.80 Å². The minimum atomic E-state index is 0.774. The molecular formula is C13H16ClN5.